The third-order valence-corrected chi connectivity index (χ3v) is 12.0. The molecule has 13 nitrogen and oxygen atoms in total. The Morgan fingerprint density at radius 3 is 2.45 bits per heavy atom. The van der Waals surface area contributed by atoms with E-state index in [0.29, 0.717) is 6.07 Å². The molecule has 0 saturated carbocycles. The maximum atomic E-state index is 15.8. The number of halogens is 5. The van der Waals surface area contributed by atoms with E-state index in [1.54, 1.807) is 6.92 Å². The van der Waals surface area contributed by atoms with Crippen LogP contribution >= 0.6 is 11.6 Å². The molecule has 2 unspecified atom stereocenters. The van der Waals surface area contributed by atoms with Crippen LogP contribution in [0.1, 0.15) is 30.9 Å². The number of rotatable bonds is 9. The molecule has 2 fully saturated rings. The van der Waals surface area contributed by atoms with Crippen LogP contribution in [0.4, 0.5) is 28.0 Å². The first-order valence-electron chi connectivity index (χ1n) is 16.6. The van der Waals surface area contributed by atoms with E-state index < -0.39 is 67.0 Å². The number of carbonyl (C=O) groups is 2. The lowest BCUT2D eigenvalue weighted by atomic mass is 9.68. The summed E-state index contributed by atoms with van der Waals surface area (Å²) in [5.41, 5.74) is -3.30. The van der Waals surface area contributed by atoms with Crippen molar-refractivity contribution in [2.24, 2.45) is 0 Å². The molecule has 53 heavy (non-hydrogen) atoms. The molecule has 286 valence electrons. The lowest BCUT2D eigenvalue weighted by Crippen LogP contribution is -2.67. The summed E-state index contributed by atoms with van der Waals surface area (Å²) in [6, 6.07) is 5.60. The number of alkyl halides is 3. The van der Waals surface area contributed by atoms with E-state index in [2.05, 4.69) is 14.6 Å². The Kier molecular flexibility index (Phi) is 10.5. The van der Waals surface area contributed by atoms with E-state index >= 15 is 9.18 Å². The van der Waals surface area contributed by atoms with E-state index in [1.165, 1.54) is 18.3 Å². The highest BCUT2D eigenvalue weighted by Crippen LogP contribution is 2.55. The molecule has 1 aromatic heterocycles. The molecule has 2 aromatic carbocycles. The fourth-order valence-corrected chi connectivity index (χ4v) is 9.30. The fourth-order valence-electron chi connectivity index (χ4n) is 7.57. The van der Waals surface area contributed by atoms with Crippen molar-refractivity contribution in [3.8, 4) is 17.4 Å². The molecule has 1 N–H and O–H groups in total. The van der Waals surface area contributed by atoms with Crippen LogP contribution in [0.25, 0.3) is 0 Å². The van der Waals surface area contributed by atoms with Crippen LogP contribution in [0.15, 0.2) is 53.6 Å². The molecule has 3 aromatic rings. The zero-order valence-corrected chi connectivity index (χ0v) is 30.3. The number of carboxylic acid groups (broad SMARTS) is 1. The maximum Gasteiger partial charge on any atom is 0.573 e. The van der Waals surface area contributed by atoms with Crippen LogP contribution in [0.2, 0.25) is 5.02 Å². The fraction of sp³-hybridized carbons (Fsp3) is 0.441. The molecule has 2 amide bonds. The highest BCUT2D eigenvalue weighted by Gasteiger charge is 2.64. The van der Waals surface area contributed by atoms with Crippen molar-refractivity contribution in [3.05, 3.63) is 70.6 Å². The Morgan fingerprint density at radius 2 is 1.81 bits per heavy atom. The highest BCUT2D eigenvalue weighted by molar-refractivity contribution is 7.93. The minimum Gasteiger partial charge on any atom is -0.497 e. The number of likely N-dealkylation sites (tertiary alicyclic amines) is 1. The quantitative estimate of drug-likeness (QED) is 0.295. The second-order valence-electron chi connectivity index (χ2n) is 12.8. The van der Waals surface area contributed by atoms with Crippen LogP contribution in [0, 0.1) is 5.82 Å². The van der Waals surface area contributed by atoms with Crippen LogP contribution in [0.5, 0.6) is 17.4 Å². The van der Waals surface area contributed by atoms with Gasteiger partial charge in [-0.15, -0.1) is 13.2 Å². The molecular weight excluding hydrogens is 750 g/mol. The van der Waals surface area contributed by atoms with Gasteiger partial charge in [0.05, 0.1) is 30.5 Å². The Labute approximate surface area is 307 Å². The normalized spacial score (nSPS) is 21.8. The first kappa shape index (κ1) is 38.3. The average molecular weight is 786 g/mol. The summed E-state index contributed by atoms with van der Waals surface area (Å²) in [5, 5.41) is 10.0. The number of carbonyl (C=O) groups excluding carboxylic acids is 1. The minimum absolute atomic E-state index is 0.0111. The molecule has 6 rings (SSSR count). The second-order valence-corrected chi connectivity index (χ2v) is 15.0. The van der Waals surface area contributed by atoms with Gasteiger partial charge in [0, 0.05) is 49.1 Å². The topological polar surface area (TPSA) is 142 Å². The van der Waals surface area contributed by atoms with Crippen molar-refractivity contribution in [2.75, 3.05) is 57.8 Å². The summed E-state index contributed by atoms with van der Waals surface area (Å²) >= 11 is 6.23. The third kappa shape index (κ3) is 6.81. The first-order chi connectivity index (χ1) is 25.0. The standard InChI is InChI=1S/C34H36ClF4N5O8S/c1-4-51-30-22(6-5-11-40-30)33(29-19-42(14-15-43(29)32(46)47)20-9-12-41(2)13-10-20)23-17-25(36)24(35)18-26(23)44(31(33)45)53(48,49)28-8-7-21(50-3)16-27(28)52-34(37,38)39/h5-8,11,16-18,20,29H,4,9-10,12-15,19H2,1-3H3,(H,46,47). The lowest BCUT2D eigenvalue weighted by molar-refractivity contribution is -0.275. The van der Waals surface area contributed by atoms with Crippen LogP contribution in [-0.2, 0) is 20.2 Å². The van der Waals surface area contributed by atoms with Crippen LogP contribution in [0.3, 0.4) is 0 Å². The highest BCUT2D eigenvalue weighted by atomic mass is 35.5. The van der Waals surface area contributed by atoms with Crippen molar-refractivity contribution >= 4 is 39.3 Å². The van der Waals surface area contributed by atoms with E-state index in [0.717, 1.165) is 62.2 Å². The average Bonchev–Trinajstić information content (AvgIpc) is 3.35. The van der Waals surface area contributed by atoms with E-state index in [1.807, 2.05) is 11.9 Å². The van der Waals surface area contributed by atoms with Gasteiger partial charge in [0.15, 0.2) is 5.75 Å². The van der Waals surface area contributed by atoms with Gasteiger partial charge in [0.1, 0.15) is 21.9 Å². The number of fused-ring (bicyclic) bond motifs is 1. The predicted octanol–water partition coefficient (Wildman–Crippen LogP) is 4.96. The lowest BCUT2D eigenvalue weighted by Gasteiger charge is -2.50. The zero-order chi connectivity index (χ0) is 38.5. The van der Waals surface area contributed by atoms with Gasteiger partial charge in [0.25, 0.3) is 15.9 Å². The minimum atomic E-state index is -5.40. The van der Waals surface area contributed by atoms with E-state index in [9.17, 15) is 31.5 Å². The first-order valence-corrected chi connectivity index (χ1v) is 18.4. The number of amides is 2. The van der Waals surface area contributed by atoms with Crippen molar-refractivity contribution in [1.29, 1.82) is 0 Å². The van der Waals surface area contributed by atoms with Gasteiger partial charge in [-0.05, 0) is 70.2 Å². The number of pyridine rings is 1. The molecule has 4 heterocycles. The molecule has 2 atom stereocenters. The van der Waals surface area contributed by atoms with Crippen LogP contribution < -0.4 is 18.5 Å². The molecule has 0 radical (unpaired) electrons. The van der Waals surface area contributed by atoms with Gasteiger partial charge in [-0.25, -0.2) is 26.9 Å². The van der Waals surface area contributed by atoms with Crippen molar-refractivity contribution in [2.45, 2.75) is 48.5 Å². The Bertz CT molecular complexity index is 2020. The molecule has 3 aliphatic rings. The summed E-state index contributed by atoms with van der Waals surface area (Å²) in [6.07, 6.45) is -4.04. The van der Waals surface area contributed by atoms with Crippen molar-refractivity contribution < 1.29 is 54.9 Å². The van der Waals surface area contributed by atoms with Gasteiger partial charge in [-0.3, -0.25) is 9.69 Å². The summed E-state index contributed by atoms with van der Waals surface area (Å²) in [5.74, 6) is -3.97. The number of nitrogens with zero attached hydrogens (tertiary/aromatic N) is 5. The SMILES string of the molecule is CCOc1ncccc1C1(C2CN(C3CCN(C)CC3)CCN2C(=O)O)C(=O)N(S(=O)(=O)c2ccc(OC)cc2OC(F)(F)F)c2cc(Cl)c(F)cc21. The molecule has 19 heteroatoms. The number of benzene rings is 2. The van der Waals surface area contributed by atoms with E-state index in [4.69, 9.17) is 21.1 Å². The molecule has 0 bridgehead atoms. The summed E-state index contributed by atoms with van der Waals surface area (Å²) in [7, 11) is -2.28. The number of ether oxygens (including phenoxy) is 3. The number of piperazine rings is 1. The molecule has 0 aliphatic carbocycles. The smallest absolute Gasteiger partial charge is 0.497 e. The van der Waals surface area contributed by atoms with Gasteiger partial charge >= 0.3 is 12.5 Å². The Morgan fingerprint density at radius 1 is 1.09 bits per heavy atom. The van der Waals surface area contributed by atoms with E-state index in [-0.39, 0.29) is 59.3 Å². The van der Waals surface area contributed by atoms with Crippen molar-refractivity contribution in [1.82, 2.24) is 19.7 Å². The number of anilines is 1. The van der Waals surface area contributed by atoms with Crippen molar-refractivity contribution in [3.63, 3.8) is 0 Å². The van der Waals surface area contributed by atoms with Gasteiger partial charge in [-0.1, -0.05) is 17.7 Å². The maximum absolute atomic E-state index is 15.8. The Balaban J connectivity index is 1.65. The van der Waals surface area contributed by atoms with Crippen LogP contribution in [-0.4, -0.2) is 117 Å². The monoisotopic (exact) mass is 785 g/mol. The number of hydrogen-bond acceptors (Lipinski definition) is 10. The van der Waals surface area contributed by atoms with Gasteiger partial charge in [-0.2, -0.15) is 0 Å². The number of methoxy groups -OCH3 is 1. The predicted molar refractivity (Wildman–Crippen MR) is 183 cm³/mol. The number of piperidine rings is 1. The second kappa shape index (κ2) is 14.4. The summed E-state index contributed by atoms with van der Waals surface area (Å²) < 4.78 is 102. The number of aromatic nitrogens is 1. The molecular formula is C34H36ClF4N5O8S. The Hall–Kier alpha value is -4.39. The van der Waals surface area contributed by atoms with Gasteiger partial charge in [0.2, 0.25) is 5.88 Å². The molecule has 3 aliphatic heterocycles. The number of sulfonamides is 1. The third-order valence-electron chi connectivity index (χ3n) is 9.94. The summed E-state index contributed by atoms with van der Waals surface area (Å²) in [6.45, 7) is 3.18. The molecule has 2 saturated heterocycles. The van der Waals surface area contributed by atoms with Gasteiger partial charge < -0.3 is 29.1 Å². The molecule has 0 spiro atoms. The summed E-state index contributed by atoms with van der Waals surface area (Å²) in [4.78, 5) is 37.0. The zero-order valence-electron chi connectivity index (χ0n) is 28.8. The number of hydrogen-bond donors (Lipinski definition) is 1. The largest absolute Gasteiger partial charge is 0.573 e.